The fourth-order valence-electron chi connectivity index (χ4n) is 3.86. The van der Waals surface area contributed by atoms with Crippen molar-refractivity contribution in [3.63, 3.8) is 0 Å². The van der Waals surface area contributed by atoms with Gasteiger partial charge in [0.25, 0.3) is 0 Å². The van der Waals surface area contributed by atoms with Crippen LogP contribution in [0.5, 0.6) is 0 Å². The summed E-state index contributed by atoms with van der Waals surface area (Å²) in [5.41, 5.74) is 0.532. The zero-order valence-electron chi connectivity index (χ0n) is 15.3. The number of hydrogen-bond acceptors (Lipinski definition) is 6. The lowest BCUT2D eigenvalue weighted by Gasteiger charge is -2.26. The van der Waals surface area contributed by atoms with Crippen LogP contribution in [-0.2, 0) is 4.79 Å². The van der Waals surface area contributed by atoms with E-state index in [0.717, 1.165) is 25.1 Å². The Morgan fingerprint density at radius 2 is 2.22 bits per heavy atom. The molecule has 27 heavy (non-hydrogen) atoms. The highest BCUT2D eigenvalue weighted by molar-refractivity contribution is 5.79. The van der Waals surface area contributed by atoms with E-state index < -0.39 is 12.2 Å². The maximum atomic E-state index is 13.5. The van der Waals surface area contributed by atoms with Gasteiger partial charge in [-0.2, -0.15) is 10.5 Å². The summed E-state index contributed by atoms with van der Waals surface area (Å²) in [4.78, 5) is 20.1. The average Bonchev–Trinajstić information content (AvgIpc) is 3.32. The third kappa shape index (κ3) is 4.35. The lowest BCUT2D eigenvalue weighted by atomic mass is 10.2. The Morgan fingerprint density at radius 1 is 1.41 bits per heavy atom. The van der Waals surface area contributed by atoms with E-state index >= 15 is 0 Å². The topological polar surface area (TPSA) is 96.1 Å². The van der Waals surface area contributed by atoms with Crippen molar-refractivity contribution >= 4 is 11.7 Å². The predicted octanol–water partition coefficient (Wildman–Crippen LogP) is 1.36. The van der Waals surface area contributed by atoms with E-state index in [0.29, 0.717) is 11.6 Å². The number of carbonyl (C=O) groups is 1. The average molecular weight is 370 g/mol. The van der Waals surface area contributed by atoms with E-state index in [2.05, 4.69) is 21.3 Å². The van der Waals surface area contributed by atoms with Gasteiger partial charge >= 0.3 is 0 Å². The van der Waals surface area contributed by atoms with Gasteiger partial charge in [0.2, 0.25) is 5.91 Å². The molecule has 0 radical (unpaired) electrons. The number of nitrogens with one attached hydrogen (secondary N) is 1. The quantitative estimate of drug-likeness (QED) is 0.841. The number of nitrogens with zero attached hydrogens (tertiary/aromatic N) is 5. The lowest BCUT2D eigenvalue weighted by Crippen LogP contribution is -2.43. The Hall–Kier alpha value is -2.71. The first kappa shape index (κ1) is 19.1. The third-order valence-electron chi connectivity index (χ3n) is 5.45. The summed E-state index contributed by atoms with van der Waals surface area (Å²) in [5.74, 6) is 0.603. The fourth-order valence-corrected chi connectivity index (χ4v) is 3.86. The molecule has 2 fully saturated rings. The number of nitriles is 2. The van der Waals surface area contributed by atoms with E-state index in [4.69, 9.17) is 10.5 Å². The molecule has 1 saturated carbocycles. The molecule has 2 unspecified atom stereocenters. The Kier molecular flexibility index (Phi) is 5.88. The smallest absolute Gasteiger partial charge is 0.237 e. The molecule has 1 aromatic rings. The molecule has 0 aromatic carbocycles. The normalized spacial score (nSPS) is 27.2. The van der Waals surface area contributed by atoms with Gasteiger partial charge in [-0.1, -0.05) is 0 Å². The molecular formula is C19H23FN6O. The van der Waals surface area contributed by atoms with Gasteiger partial charge in [-0.05, 0) is 31.4 Å². The van der Waals surface area contributed by atoms with Crippen LogP contribution in [-0.4, -0.2) is 60.2 Å². The second-order valence-corrected chi connectivity index (χ2v) is 7.20. The second kappa shape index (κ2) is 8.32. The Morgan fingerprint density at radius 3 is 2.89 bits per heavy atom. The van der Waals surface area contributed by atoms with E-state index in [1.54, 1.807) is 12.3 Å². The van der Waals surface area contributed by atoms with Crippen molar-refractivity contribution in [1.29, 1.82) is 10.5 Å². The highest BCUT2D eigenvalue weighted by Crippen LogP contribution is 2.26. The molecule has 4 atom stereocenters. The summed E-state index contributed by atoms with van der Waals surface area (Å²) in [6.07, 6.45) is 3.35. The van der Waals surface area contributed by atoms with Crippen LogP contribution in [0.2, 0.25) is 0 Å². The number of anilines is 1. The zero-order chi connectivity index (χ0) is 19.4. The number of pyridine rings is 1. The van der Waals surface area contributed by atoms with Gasteiger partial charge in [0, 0.05) is 31.7 Å². The number of likely N-dealkylation sites (tertiary alicyclic amines) is 1. The molecule has 1 amide bonds. The highest BCUT2D eigenvalue weighted by atomic mass is 19.1. The first-order chi connectivity index (χ1) is 13.0. The minimum atomic E-state index is -1.11. The van der Waals surface area contributed by atoms with Gasteiger partial charge in [0.05, 0.1) is 24.7 Å². The first-order valence-corrected chi connectivity index (χ1v) is 9.17. The van der Waals surface area contributed by atoms with Crippen LogP contribution in [0, 0.1) is 22.7 Å². The van der Waals surface area contributed by atoms with Crippen LogP contribution in [0.4, 0.5) is 10.2 Å². The summed E-state index contributed by atoms with van der Waals surface area (Å²) >= 11 is 0. The SMILES string of the molecule is CN(c1ccc(C#N)cn1)C1CCC(NCC(=O)N2C[C@@H](F)C[C@H]2C#N)C1. The Labute approximate surface area is 158 Å². The molecule has 1 N–H and O–H groups in total. The number of hydrogen-bond donors (Lipinski definition) is 1. The molecule has 0 spiro atoms. The molecule has 7 nitrogen and oxygen atoms in total. The largest absolute Gasteiger partial charge is 0.357 e. The molecule has 8 heteroatoms. The van der Waals surface area contributed by atoms with Crippen molar-refractivity contribution in [3.05, 3.63) is 23.9 Å². The van der Waals surface area contributed by atoms with Crippen molar-refractivity contribution < 1.29 is 9.18 Å². The van der Waals surface area contributed by atoms with Gasteiger partial charge < -0.3 is 15.1 Å². The number of amides is 1. The van der Waals surface area contributed by atoms with E-state index in [9.17, 15) is 9.18 Å². The molecule has 1 aliphatic heterocycles. The van der Waals surface area contributed by atoms with E-state index in [-0.39, 0.29) is 31.5 Å². The van der Waals surface area contributed by atoms with Gasteiger partial charge in [0.1, 0.15) is 24.1 Å². The third-order valence-corrected chi connectivity index (χ3v) is 5.45. The molecule has 2 heterocycles. The van der Waals surface area contributed by atoms with Crippen LogP contribution < -0.4 is 10.2 Å². The Bertz CT molecular complexity index is 755. The van der Waals surface area contributed by atoms with Crippen LogP contribution in [0.15, 0.2) is 18.3 Å². The first-order valence-electron chi connectivity index (χ1n) is 9.17. The number of alkyl halides is 1. The maximum Gasteiger partial charge on any atom is 0.237 e. The van der Waals surface area contributed by atoms with Crippen molar-refractivity contribution in [2.75, 3.05) is 25.0 Å². The van der Waals surface area contributed by atoms with Crippen LogP contribution in [0.25, 0.3) is 0 Å². The highest BCUT2D eigenvalue weighted by Gasteiger charge is 2.36. The molecular weight excluding hydrogens is 347 g/mol. The van der Waals surface area contributed by atoms with Crippen molar-refractivity contribution in [3.8, 4) is 12.1 Å². The predicted molar refractivity (Wildman–Crippen MR) is 97.4 cm³/mol. The maximum absolute atomic E-state index is 13.5. The summed E-state index contributed by atoms with van der Waals surface area (Å²) in [6.45, 7) is 0.139. The van der Waals surface area contributed by atoms with Crippen molar-refractivity contribution in [2.24, 2.45) is 0 Å². The molecule has 3 rings (SSSR count). The monoisotopic (exact) mass is 370 g/mol. The number of carbonyl (C=O) groups excluding carboxylic acids is 1. The van der Waals surface area contributed by atoms with Crippen LogP contribution >= 0.6 is 0 Å². The summed E-state index contributed by atoms with van der Waals surface area (Å²) in [7, 11) is 1.98. The Balaban J connectivity index is 1.49. The van der Waals surface area contributed by atoms with Crippen LogP contribution in [0.3, 0.4) is 0 Å². The second-order valence-electron chi connectivity index (χ2n) is 7.20. The zero-order valence-corrected chi connectivity index (χ0v) is 15.3. The molecule has 142 valence electrons. The lowest BCUT2D eigenvalue weighted by molar-refractivity contribution is -0.130. The molecule has 1 aromatic heterocycles. The molecule has 0 bridgehead atoms. The van der Waals surface area contributed by atoms with Crippen LogP contribution in [0.1, 0.15) is 31.2 Å². The summed E-state index contributed by atoms with van der Waals surface area (Å²) in [6, 6.07) is 7.50. The standard InChI is InChI=1S/C19H23FN6O/c1-25(18-5-2-13(8-21)10-24-18)16-4-3-15(7-16)23-11-19(27)26-12-14(20)6-17(26)9-22/h2,5,10,14-17,23H,3-4,6-7,11-12H2,1H3/t14-,15?,16?,17-/m0/s1. The van der Waals surface area contributed by atoms with E-state index in [1.165, 1.54) is 4.90 Å². The van der Waals surface area contributed by atoms with Crippen molar-refractivity contribution in [1.82, 2.24) is 15.2 Å². The molecule has 1 aliphatic carbocycles. The van der Waals surface area contributed by atoms with Gasteiger partial charge in [-0.25, -0.2) is 9.37 Å². The van der Waals surface area contributed by atoms with E-state index in [1.807, 2.05) is 19.2 Å². The minimum absolute atomic E-state index is 0.0130. The van der Waals surface area contributed by atoms with Crippen molar-refractivity contribution in [2.45, 2.75) is 50.0 Å². The number of halogens is 1. The fraction of sp³-hybridized carbons (Fsp3) is 0.579. The van der Waals surface area contributed by atoms with Gasteiger partial charge in [0.15, 0.2) is 0 Å². The summed E-state index contributed by atoms with van der Waals surface area (Å²) < 4.78 is 13.5. The molecule has 1 saturated heterocycles. The molecule has 2 aliphatic rings. The van der Waals surface area contributed by atoms with Gasteiger partial charge in [-0.3, -0.25) is 4.79 Å². The number of aromatic nitrogens is 1. The minimum Gasteiger partial charge on any atom is -0.357 e. The summed E-state index contributed by atoms with van der Waals surface area (Å²) in [5, 5.41) is 21.2. The number of rotatable bonds is 5. The van der Waals surface area contributed by atoms with Gasteiger partial charge in [-0.15, -0.1) is 0 Å².